The summed E-state index contributed by atoms with van der Waals surface area (Å²) in [6.07, 6.45) is 5.98. The predicted octanol–water partition coefficient (Wildman–Crippen LogP) is 7.01. The second-order valence-electron chi connectivity index (χ2n) is 12.7. The van der Waals surface area contributed by atoms with Gasteiger partial charge < -0.3 is 34.2 Å². The lowest BCUT2D eigenvalue weighted by molar-refractivity contribution is 0.0693. The molecule has 5 aromatic rings. The zero-order valence-electron chi connectivity index (χ0n) is 26.5. The molecular formula is C36H38N4O6. The maximum absolute atomic E-state index is 13.9. The normalized spacial score (nSPS) is 15.1. The fraction of sp³-hybridized carbons (Fsp3) is 0.361. The summed E-state index contributed by atoms with van der Waals surface area (Å²) >= 11 is 0. The third-order valence-electron chi connectivity index (χ3n) is 9.45. The standard InChI is InChI=1S/C36H38N4O6/c1-36(2,35-37-26-18-25(34(42)43)29(45-4)19-27(26)38-35)39-33(41)21-10-12-23-28(16-21)40-14-15-46-30-17-22(44-3)11-13-24(30)32(40)31(23)20-8-6-5-7-9-20/h10-13,16-20H,5-9,14-15H2,1-4H3,(H,37,38)(H,39,41)(H,42,43). The molecule has 46 heavy (non-hydrogen) atoms. The zero-order chi connectivity index (χ0) is 32.2. The number of ether oxygens (including phenoxy) is 3. The molecule has 0 saturated heterocycles. The molecule has 10 heteroatoms. The van der Waals surface area contributed by atoms with E-state index in [1.165, 1.54) is 49.1 Å². The molecule has 10 nitrogen and oxygen atoms in total. The van der Waals surface area contributed by atoms with Crippen LogP contribution in [0.4, 0.5) is 0 Å². The molecule has 3 aromatic carbocycles. The lowest BCUT2D eigenvalue weighted by Gasteiger charge is -2.24. The van der Waals surface area contributed by atoms with E-state index in [1.54, 1.807) is 13.2 Å². The third kappa shape index (κ3) is 5.02. The van der Waals surface area contributed by atoms with Crippen LogP contribution in [0.3, 0.4) is 0 Å². The number of aromatic carboxylic acids is 1. The maximum Gasteiger partial charge on any atom is 0.339 e. The molecule has 2 aromatic heterocycles. The average molecular weight is 623 g/mol. The quantitative estimate of drug-likeness (QED) is 0.178. The summed E-state index contributed by atoms with van der Waals surface area (Å²) in [6.45, 7) is 4.89. The molecule has 3 N–H and O–H groups in total. The second-order valence-corrected chi connectivity index (χ2v) is 12.7. The Balaban J connectivity index is 1.27. The summed E-state index contributed by atoms with van der Waals surface area (Å²) < 4.78 is 19.3. The van der Waals surface area contributed by atoms with E-state index in [2.05, 4.69) is 32.0 Å². The van der Waals surface area contributed by atoms with Crippen LogP contribution in [0.2, 0.25) is 0 Å². The number of nitrogens with zero attached hydrogens (tertiary/aromatic N) is 2. The molecule has 0 radical (unpaired) electrons. The number of carbonyl (C=O) groups is 2. The van der Waals surface area contributed by atoms with Crippen LogP contribution in [-0.4, -0.2) is 52.3 Å². The Labute approximate surface area is 266 Å². The van der Waals surface area contributed by atoms with Gasteiger partial charge in [-0.2, -0.15) is 0 Å². The van der Waals surface area contributed by atoms with E-state index >= 15 is 0 Å². The number of hydrogen-bond donors (Lipinski definition) is 3. The first kappa shape index (κ1) is 29.7. The Hall–Kier alpha value is -4.99. The van der Waals surface area contributed by atoms with E-state index in [-0.39, 0.29) is 17.2 Å². The van der Waals surface area contributed by atoms with Crippen LogP contribution < -0.4 is 19.5 Å². The number of nitrogens with one attached hydrogen (secondary N) is 2. The maximum atomic E-state index is 13.9. The Morgan fingerprint density at radius 2 is 1.85 bits per heavy atom. The Bertz CT molecular complexity index is 2000. The van der Waals surface area contributed by atoms with Crippen molar-refractivity contribution < 1.29 is 28.9 Å². The SMILES string of the molecule is COc1ccc2c(c1)OCCn1c-2c(C2CCCCC2)c2ccc(C(=O)NC(C)(C)c3nc4cc(OC)c(C(=O)O)cc4[nH]3)cc21. The Morgan fingerprint density at radius 3 is 2.59 bits per heavy atom. The summed E-state index contributed by atoms with van der Waals surface area (Å²) in [5.74, 6) is 1.41. The van der Waals surface area contributed by atoms with Crippen molar-refractivity contribution in [3.8, 4) is 28.5 Å². The van der Waals surface area contributed by atoms with Gasteiger partial charge in [-0.15, -0.1) is 0 Å². The number of H-pyrrole nitrogens is 1. The number of hydrogen-bond acceptors (Lipinski definition) is 6. The molecule has 2 aliphatic rings. The number of amides is 1. The van der Waals surface area contributed by atoms with Crippen molar-refractivity contribution >= 4 is 33.8 Å². The molecule has 1 saturated carbocycles. The van der Waals surface area contributed by atoms with Crippen LogP contribution in [0.5, 0.6) is 17.2 Å². The van der Waals surface area contributed by atoms with Gasteiger partial charge in [-0.3, -0.25) is 4.79 Å². The topological polar surface area (TPSA) is 128 Å². The average Bonchev–Trinajstić information content (AvgIpc) is 3.57. The van der Waals surface area contributed by atoms with Crippen molar-refractivity contribution in [2.75, 3.05) is 20.8 Å². The van der Waals surface area contributed by atoms with Crippen molar-refractivity contribution in [3.63, 3.8) is 0 Å². The van der Waals surface area contributed by atoms with Crippen molar-refractivity contribution in [1.82, 2.24) is 19.9 Å². The molecule has 3 heterocycles. The highest BCUT2D eigenvalue weighted by atomic mass is 16.5. The fourth-order valence-electron chi connectivity index (χ4n) is 7.12. The molecule has 1 aliphatic carbocycles. The Kier molecular flexibility index (Phi) is 7.38. The lowest BCUT2D eigenvalue weighted by Crippen LogP contribution is -2.41. The van der Waals surface area contributed by atoms with Crippen LogP contribution in [0, 0.1) is 0 Å². The van der Waals surface area contributed by atoms with Gasteiger partial charge in [0.2, 0.25) is 0 Å². The number of fused-ring (bicyclic) bond motifs is 6. The van der Waals surface area contributed by atoms with E-state index in [0.29, 0.717) is 41.5 Å². The summed E-state index contributed by atoms with van der Waals surface area (Å²) in [6, 6.07) is 15.1. The molecule has 0 spiro atoms. The van der Waals surface area contributed by atoms with Gasteiger partial charge in [0.1, 0.15) is 35.2 Å². The van der Waals surface area contributed by atoms with Crippen molar-refractivity contribution in [2.45, 2.75) is 64.0 Å². The zero-order valence-corrected chi connectivity index (χ0v) is 26.5. The van der Waals surface area contributed by atoms with E-state index in [4.69, 9.17) is 14.2 Å². The van der Waals surface area contributed by atoms with E-state index in [9.17, 15) is 14.7 Å². The number of aromatic nitrogens is 3. The predicted molar refractivity (Wildman–Crippen MR) is 175 cm³/mol. The fourth-order valence-corrected chi connectivity index (χ4v) is 7.12. The van der Waals surface area contributed by atoms with Crippen molar-refractivity contribution in [2.24, 2.45) is 0 Å². The number of carboxylic acid groups (broad SMARTS) is 1. The van der Waals surface area contributed by atoms with Gasteiger partial charge in [0.15, 0.2) is 0 Å². The number of carbonyl (C=O) groups excluding carboxylic acids is 1. The molecule has 0 bridgehead atoms. The molecule has 7 rings (SSSR count). The van der Waals surface area contributed by atoms with Gasteiger partial charge in [0, 0.05) is 34.2 Å². The number of carboxylic acids is 1. The lowest BCUT2D eigenvalue weighted by atomic mass is 9.81. The van der Waals surface area contributed by atoms with Crippen molar-refractivity contribution in [3.05, 3.63) is 71.0 Å². The van der Waals surface area contributed by atoms with Crippen LogP contribution in [-0.2, 0) is 12.1 Å². The molecule has 1 fully saturated rings. The highest BCUT2D eigenvalue weighted by molar-refractivity contribution is 6.01. The molecular weight excluding hydrogens is 584 g/mol. The van der Waals surface area contributed by atoms with Gasteiger partial charge in [-0.05, 0) is 68.5 Å². The first-order chi connectivity index (χ1) is 22.2. The highest BCUT2D eigenvalue weighted by Gasteiger charge is 2.31. The summed E-state index contributed by atoms with van der Waals surface area (Å²) in [5.41, 5.74) is 5.37. The van der Waals surface area contributed by atoms with Crippen LogP contribution >= 0.6 is 0 Å². The molecule has 1 amide bonds. The summed E-state index contributed by atoms with van der Waals surface area (Å²) in [4.78, 5) is 33.5. The Morgan fingerprint density at radius 1 is 1.04 bits per heavy atom. The molecule has 0 atom stereocenters. The number of benzene rings is 3. The van der Waals surface area contributed by atoms with Crippen molar-refractivity contribution in [1.29, 1.82) is 0 Å². The minimum Gasteiger partial charge on any atom is -0.497 e. The second kappa shape index (κ2) is 11.4. The molecule has 1 aliphatic heterocycles. The van der Waals surface area contributed by atoms with Gasteiger partial charge in [-0.25, -0.2) is 9.78 Å². The first-order valence-electron chi connectivity index (χ1n) is 15.8. The third-order valence-corrected chi connectivity index (χ3v) is 9.45. The largest absolute Gasteiger partial charge is 0.497 e. The number of imidazole rings is 1. The molecule has 0 unspecified atom stereocenters. The van der Waals surface area contributed by atoms with E-state index in [0.717, 1.165) is 35.4 Å². The highest BCUT2D eigenvalue weighted by Crippen LogP contribution is 2.47. The van der Waals surface area contributed by atoms with E-state index in [1.807, 2.05) is 38.1 Å². The number of methoxy groups -OCH3 is 2. The van der Waals surface area contributed by atoms with E-state index < -0.39 is 11.5 Å². The summed E-state index contributed by atoms with van der Waals surface area (Å²) in [7, 11) is 3.09. The monoisotopic (exact) mass is 622 g/mol. The number of rotatable bonds is 7. The van der Waals surface area contributed by atoms with Gasteiger partial charge >= 0.3 is 5.97 Å². The molecule has 238 valence electrons. The van der Waals surface area contributed by atoms with Gasteiger partial charge in [0.25, 0.3) is 5.91 Å². The van der Waals surface area contributed by atoms with Gasteiger partial charge in [0.05, 0.1) is 43.0 Å². The van der Waals surface area contributed by atoms with Crippen LogP contribution in [0.25, 0.3) is 33.2 Å². The number of aromatic amines is 1. The van der Waals surface area contributed by atoms with Gasteiger partial charge in [-0.1, -0.05) is 25.3 Å². The van der Waals surface area contributed by atoms with Crippen LogP contribution in [0.15, 0.2) is 48.5 Å². The summed E-state index contributed by atoms with van der Waals surface area (Å²) in [5, 5.41) is 13.9. The first-order valence-corrected chi connectivity index (χ1v) is 15.8. The smallest absolute Gasteiger partial charge is 0.339 e. The minimum absolute atomic E-state index is 0.0337. The van der Waals surface area contributed by atoms with Crippen LogP contribution in [0.1, 0.15) is 84.0 Å². The minimum atomic E-state index is -1.09.